The van der Waals surface area contributed by atoms with Crippen molar-refractivity contribution in [1.29, 1.82) is 0 Å². The summed E-state index contributed by atoms with van der Waals surface area (Å²) >= 11 is 5.78. The topological polar surface area (TPSA) is 143 Å². The third kappa shape index (κ3) is 7.08. The molecule has 178 valence electrons. The summed E-state index contributed by atoms with van der Waals surface area (Å²) in [5, 5.41) is 8.24. The molecule has 3 rings (SSSR count). The van der Waals surface area contributed by atoms with E-state index in [0.717, 1.165) is 6.26 Å². The third-order valence-electron chi connectivity index (χ3n) is 4.36. The SMILES string of the molecule is CN(C(=O)c1cc(NC(=O)c2cc(F)c(F)cc2Cl)n[nH]1)c1ccc(C(=O)[N-]S(C)(=O)=O)cc1.[Na+]. The minimum absolute atomic E-state index is 0. The van der Waals surface area contributed by atoms with Crippen molar-refractivity contribution in [2.24, 2.45) is 0 Å². The maximum atomic E-state index is 13.4. The number of benzene rings is 2. The average Bonchev–Trinajstić information content (AvgIpc) is 3.22. The van der Waals surface area contributed by atoms with Gasteiger partial charge in [0.2, 0.25) is 0 Å². The fourth-order valence-electron chi connectivity index (χ4n) is 2.70. The molecule has 2 N–H and O–H groups in total. The van der Waals surface area contributed by atoms with Gasteiger partial charge in [0.25, 0.3) is 11.8 Å². The molecule has 3 amide bonds. The molecule has 15 heteroatoms. The Morgan fingerprint density at radius 2 is 1.69 bits per heavy atom. The molecule has 0 fully saturated rings. The van der Waals surface area contributed by atoms with Crippen molar-refractivity contribution in [3.8, 4) is 0 Å². The summed E-state index contributed by atoms with van der Waals surface area (Å²) in [5.41, 5.74) is 0.0133. The summed E-state index contributed by atoms with van der Waals surface area (Å²) < 4.78 is 51.9. The van der Waals surface area contributed by atoms with Crippen molar-refractivity contribution < 1.29 is 61.1 Å². The van der Waals surface area contributed by atoms with Gasteiger partial charge >= 0.3 is 29.6 Å². The first-order valence-corrected chi connectivity index (χ1v) is 11.4. The van der Waals surface area contributed by atoms with Crippen molar-refractivity contribution in [2.45, 2.75) is 0 Å². The molecule has 1 heterocycles. The largest absolute Gasteiger partial charge is 1.00 e. The second-order valence-electron chi connectivity index (χ2n) is 6.91. The van der Waals surface area contributed by atoms with Crippen molar-refractivity contribution in [3.05, 3.63) is 80.7 Å². The molecule has 0 aliphatic carbocycles. The second kappa shape index (κ2) is 11.3. The number of H-pyrrole nitrogens is 1. The monoisotopic (exact) mass is 533 g/mol. The van der Waals surface area contributed by atoms with Crippen LogP contribution < -0.4 is 39.8 Å². The molecule has 0 spiro atoms. The predicted molar refractivity (Wildman–Crippen MR) is 120 cm³/mol. The van der Waals surface area contributed by atoms with Gasteiger partial charge in [-0.3, -0.25) is 14.7 Å². The molecule has 2 aromatic carbocycles. The van der Waals surface area contributed by atoms with Gasteiger partial charge in [-0.15, -0.1) is 0 Å². The van der Waals surface area contributed by atoms with Crippen LogP contribution >= 0.6 is 11.6 Å². The van der Waals surface area contributed by atoms with Gasteiger partial charge < -0.3 is 19.7 Å². The zero-order valence-electron chi connectivity index (χ0n) is 18.5. The van der Waals surface area contributed by atoms with E-state index in [4.69, 9.17) is 11.6 Å². The van der Waals surface area contributed by atoms with E-state index in [2.05, 4.69) is 20.2 Å². The van der Waals surface area contributed by atoms with Gasteiger partial charge in [0.15, 0.2) is 17.5 Å². The molecule has 0 aliphatic heterocycles. The number of nitrogens with one attached hydrogen (secondary N) is 2. The number of halogens is 3. The fourth-order valence-corrected chi connectivity index (χ4v) is 3.35. The van der Waals surface area contributed by atoms with Crippen LogP contribution in [0.1, 0.15) is 31.2 Å². The molecule has 0 radical (unpaired) electrons. The van der Waals surface area contributed by atoms with Crippen LogP contribution in [0, 0.1) is 11.6 Å². The normalized spacial score (nSPS) is 10.8. The Morgan fingerprint density at radius 1 is 1.09 bits per heavy atom. The van der Waals surface area contributed by atoms with Gasteiger partial charge in [-0.2, -0.15) is 5.10 Å². The zero-order valence-corrected chi connectivity index (χ0v) is 22.0. The van der Waals surface area contributed by atoms with Crippen molar-refractivity contribution in [3.63, 3.8) is 0 Å². The first-order chi connectivity index (χ1) is 15.9. The molecule has 0 bridgehead atoms. The van der Waals surface area contributed by atoms with Gasteiger partial charge in [0.1, 0.15) is 5.69 Å². The van der Waals surface area contributed by atoms with E-state index >= 15 is 0 Å². The first-order valence-electron chi connectivity index (χ1n) is 9.22. The summed E-state index contributed by atoms with van der Waals surface area (Å²) in [6.45, 7) is 0. The molecule has 0 unspecified atom stereocenters. The van der Waals surface area contributed by atoms with E-state index in [1.165, 1.54) is 42.3 Å². The van der Waals surface area contributed by atoms with Crippen LogP contribution in [-0.2, 0) is 10.0 Å². The quantitative estimate of drug-likeness (QED) is 0.346. The van der Waals surface area contributed by atoms with E-state index < -0.39 is 39.4 Å². The smallest absolute Gasteiger partial charge is 0.542 e. The average molecular weight is 534 g/mol. The zero-order chi connectivity index (χ0) is 25.2. The number of carbonyl (C=O) groups excluding carboxylic acids is 3. The maximum absolute atomic E-state index is 13.4. The Kier molecular flexibility index (Phi) is 9.14. The number of aromatic amines is 1. The van der Waals surface area contributed by atoms with Gasteiger partial charge in [0.05, 0.1) is 26.5 Å². The Balaban J connectivity index is 0.00000432. The van der Waals surface area contributed by atoms with Gasteiger partial charge in [0, 0.05) is 30.6 Å². The van der Waals surface area contributed by atoms with Crippen LogP contribution in [0.4, 0.5) is 20.3 Å². The van der Waals surface area contributed by atoms with Gasteiger partial charge in [-0.1, -0.05) is 23.7 Å². The number of hydrogen-bond acceptors (Lipinski definition) is 6. The summed E-state index contributed by atoms with van der Waals surface area (Å²) in [6.07, 6.45) is 0.791. The number of aromatic nitrogens is 2. The minimum atomic E-state index is -3.85. The van der Waals surface area contributed by atoms with Crippen molar-refractivity contribution >= 4 is 50.9 Å². The molecule has 10 nitrogen and oxygen atoms in total. The molecule has 0 saturated carbocycles. The molecular weight excluding hydrogens is 519 g/mol. The summed E-state index contributed by atoms with van der Waals surface area (Å²) in [7, 11) is -2.42. The Morgan fingerprint density at radius 3 is 2.29 bits per heavy atom. The van der Waals surface area contributed by atoms with E-state index in [9.17, 15) is 31.6 Å². The van der Waals surface area contributed by atoms with Gasteiger partial charge in [-0.05, 0) is 24.3 Å². The standard InChI is InChI=1S/C20H16ClF2N5O5S.Na/c1-28(11-5-3-10(4-6-11)18(29)27-34(2,32)33)20(31)16-9-17(26-25-16)24-19(30)12-7-14(22)15(23)8-13(12)21;/h3-9H,1-2H3,(H3,24,25,26,27,29,30,31);/q;+1/p-1. The van der Waals surface area contributed by atoms with Crippen LogP contribution in [0.2, 0.25) is 5.02 Å². The summed E-state index contributed by atoms with van der Waals surface area (Å²) in [4.78, 5) is 38.0. The third-order valence-corrected chi connectivity index (χ3v) is 5.17. The van der Waals surface area contributed by atoms with E-state index in [0.29, 0.717) is 17.8 Å². The molecule has 35 heavy (non-hydrogen) atoms. The number of sulfonamides is 1. The van der Waals surface area contributed by atoms with Crippen LogP contribution in [0.15, 0.2) is 42.5 Å². The van der Waals surface area contributed by atoms with E-state index in [1.807, 2.05) is 0 Å². The number of hydrogen-bond donors (Lipinski definition) is 2. The maximum Gasteiger partial charge on any atom is 1.00 e. The molecule has 3 aromatic rings. The van der Waals surface area contributed by atoms with Crippen LogP contribution in [0.5, 0.6) is 0 Å². The number of amides is 3. The Hall–Kier alpha value is -2.84. The van der Waals surface area contributed by atoms with Crippen LogP contribution in [-0.4, -0.2) is 49.6 Å². The molecular formula is C20H15ClF2N5NaO5S. The predicted octanol–water partition coefficient (Wildman–Crippen LogP) is 0.348. The van der Waals surface area contributed by atoms with Crippen molar-refractivity contribution in [1.82, 2.24) is 10.2 Å². The molecule has 0 atom stereocenters. The number of rotatable bonds is 6. The second-order valence-corrected chi connectivity index (χ2v) is 8.96. The molecule has 0 saturated heterocycles. The molecule has 0 aliphatic rings. The summed E-state index contributed by atoms with van der Waals surface area (Å²) in [6, 6.07) is 7.94. The van der Waals surface area contributed by atoms with Gasteiger partial charge in [-0.25, -0.2) is 17.2 Å². The fraction of sp³-hybridized carbons (Fsp3) is 0.100. The number of anilines is 2. The molecule has 1 aromatic heterocycles. The van der Waals surface area contributed by atoms with Crippen LogP contribution in [0.25, 0.3) is 4.72 Å². The van der Waals surface area contributed by atoms with Crippen LogP contribution in [0.3, 0.4) is 0 Å². The number of nitrogens with zero attached hydrogens (tertiary/aromatic N) is 3. The van der Waals surface area contributed by atoms with E-state index in [-0.39, 0.29) is 57.2 Å². The summed E-state index contributed by atoms with van der Waals surface area (Å²) in [5.74, 6) is -4.93. The minimum Gasteiger partial charge on any atom is -0.542 e. The van der Waals surface area contributed by atoms with E-state index in [1.54, 1.807) is 0 Å². The Bertz CT molecular complexity index is 1400. The first kappa shape index (κ1) is 28.4. The van der Waals surface area contributed by atoms with Crippen molar-refractivity contribution in [2.75, 3.05) is 23.5 Å². The number of carbonyl (C=O) groups is 3. The Labute approximate surface area is 225 Å².